The van der Waals surface area contributed by atoms with E-state index in [1.54, 1.807) is 0 Å². The predicted octanol–water partition coefficient (Wildman–Crippen LogP) is 3.61. The molecule has 1 unspecified atom stereocenters. The molecule has 0 fully saturated rings. The molecule has 0 bridgehead atoms. The summed E-state index contributed by atoms with van der Waals surface area (Å²) < 4.78 is 0. The lowest BCUT2D eigenvalue weighted by Gasteiger charge is -2.44. The summed E-state index contributed by atoms with van der Waals surface area (Å²) in [5, 5.41) is 9.44. The molecule has 0 spiro atoms. The quantitative estimate of drug-likeness (QED) is 0.695. The van der Waals surface area contributed by atoms with Crippen molar-refractivity contribution in [2.24, 2.45) is 10.8 Å². The van der Waals surface area contributed by atoms with Crippen molar-refractivity contribution in [3.05, 3.63) is 0 Å². The minimum absolute atomic E-state index is 0.188. The maximum absolute atomic E-state index is 9.44. The first-order valence-corrected chi connectivity index (χ1v) is 5.47. The Morgan fingerprint density at radius 2 is 1.46 bits per heavy atom. The van der Waals surface area contributed by atoms with Gasteiger partial charge in [0.05, 0.1) is 6.10 Å². The molecule has 1 N–H and O–H groups in total. The van der Waals surface area contributed by atoms with Crippen molar-refractivity contribution in [1.82, 2.24) is 0 Å². The monoisotopic (exact) mass is 186 g/mol. The Bertz CT molecular complexity index is 143. The number of hydrogen-bond acceptors (Lipinski definition) is 1. The Hall–Kier alpha value is -0.0400. The number of rotatable bonds is 5. The van der Waals surface area contributed by atoms with E-state index in [0.29, 0.717) is 5.41 Å². The van der Waals surface area contributed by atoms with Gasteiger partial charge in [0, 0.05) is 0 Å². The summed E-state index contributed by atoms with van der Waals surface area (Å²) in [6, 6.07) is 0. The van der Waals surface area contributed by atoms with Gasteiger partial charge in [-0.2, -0.15) is 0 Å². The zero-order valence-corrected chi connectivity index (χ0v) is 10.1. The Morgan fingerprint density at radius 1 is 1.08 bits per heavy atom. The normalized spacial score (nSPS) is 15.9. The Kier molecular flexibility index (Phi) is 4.44. The van der Waals surface area contributed by atoms with E-state index in [2.05, 4.69) is 34.6 Å². The third kappa shape index (κ3) is 2.98. The molecule has 0 heterocycles. The van der Waals surface area contributed by atoms with Crippen LogP contribution >= 0.6 is 0 Å². The van der Waals surface area contributed by atoms with Crippen molar-refractivity contribution in [2.75, 3.05) is 0 Å². The maximum Gasteiger partial charge on any atom is 0.0517 e. The molecule has 0 aliphatic carbocycles. The van der Waals surface area contributed by atoms with Crippen LogP contribution in [0.1, 0.15) is 60.8 Å². The second kappa shape index (κ2) is 4.45. The maximum atomic E-state index is 9.44. The fraction of sp³-hybridized carbons (Fsp3) is 1.00. The average Bonchev–Trinajstić information content (AvgIpc) is 2.00. The van der Waals surface area contributed by atoms with Crippen molar-refractivity contribution < 1.29 is 5.11 Å². The van der Waals surface area contributed by atoms with Crippen molar-refractivity contribution >= 4 is 0 Å². The summed E-state index contributed by atoms with van der Waals surface area (Å²) in [5.41, 5.74) is 0.578. The molecule has 0 aromatic rings. The highest BCUT2D eigenvalue weighted by Crippen LogP contribution is 2.47. The van der Waals surface area contributed by atoms with Gasteiger partial charge in [-0.05, 0) is 24.2 Å². The van der Waals surface area contributed by atoms with Gasteiger partial charge in [-0.1, -0.05) is 47.5 Å². The second-order valence-electron chi connectivity index (χ2n) is 5.20. The van der Waals surface area contributed by atoms with Crippen LogP contribution in [0.15, 0.2) is 0 Å². The number of aliphatic hydroxyl groups is 1. The lowest BCUT2D eigenvalue weighted by Crippen LogP contribution is -2.36. The summed E-state index contributed by atoms with van der Waals surface area (Å²) >= 11 is 0. The van der Waals surface area contributed by atoms with Crippen LogP contribution in [-0.4, -0.2) is 11.2 Å². The van der Waals surface area contributed by atoms with Gasteiger partial charge in [0.25, 0.3) is 0 Å². The molecule has 0 aliphatic heterocycles. The Labute approximate surface area is 83.5 Å². The van der Waals surface area contributed by atoms with Crippen LogP contribution in [0.2, 0.25) is 0 Å². The van der Waals surface area contributed by atoms with E-state index >= 15 is 0 Å². The zero-order valence-electron chi connectivity index (χ0n) is 10.1. The molecule has 13 heavy (non-hydrogen) atoms. The molecule has 1 heteroatoms. The van der Waals surface area contributed by atoms with E-state index in [0.717, 1.165) is 6.42 Å². The van der Waals surface area contributed by atoms with E-state index in [1.165, 1.54) is 12.8 Å². The second-order valence-corrected chi connectivity index (χ2v) is 5.20. The minimum atomic E-state index is -0.188. The van der Waals surface area contributed by atoms with Gasteiger partial charge in [-0.25, -0.2) is 0 Å². The Morgan fingerprint density at radius 3 is 1.69 bits per heavy atom. The van der Waals surface area contributed by atoms with Gasteiger partial charge < -0.3 is 5.11 Å². The first kappa shape index (κ1) is 13.0. The van der Waals surface area contributed by atoms with Crippen LogP contribution in [0.3, 0.4) is 0 Å². The van der Waals surface area contributed by atoms with Gasteiger partial charge in [0.1, 0.15) is 0 Å². The third-order valence-electron chi connectivity index (χ3n) is 4.00. The molecule has 0 saturated heterocycles. The lowest BCUT2D eigenvalue weighted by molar-refractivity contribution is 0.0228. The van der Waals surface area contributed by atoms with Crippen molar-refractivity contribution in [2.45, 2.75) is 66.9 Å². The molecule has 0 amide bonds. The van der Waals surface area contributed by atoms with E-state index in [1.807, 2.05) is 6.92 Å². The Balaban J connectivity index is 4.56. The SMILES string of the molecule is CCC(C)(CC)C(C)(C)CC(C)O. The molecular weight excluding hydrogens is 160 g/mol. The molecule has 0 aliphatic rings. The molecule has 1 nitrogen and oxygen atoms in total. The molecule has 0 rings (SSSR count). The van der Waals surface area contributed by atoms with Crippen LogP contribution in [0.4, 0.5) is 0 Å². The highest BCUT2D eigenvalue weighted by Gasteiger charge is 2.38. The van der Waals surface area contributed by atoms with Crippen LogP contribution < -0.4 is 0 Å². The molecule has 80 valence electrons. The first-order valence-electron chi connectivity index (χ1n) is 5.47. The van der Waals surface area contributed by atoms with Gasteiger partial charge in [0.2, 0.25) is 0 Å². The number of hydrogen-bond donors (Lipinski definition) is 1. The number of aliphatic hydroxyl groups excluding tert-OH is 1. The average molecular weight is 186 g/mol. The van der Waals surface area contributed by atoms with E-state index in [4.69, 9.17) is 0 Å². The van der Waals surface area contributed by atoms with E-state index in [9.17, 15) is 5.11 Å². The molecule has 0 radical (unpaired) electrons. The van der Waals surface area contributed by atoms with Crippen LogP contribution in [0, 0.1) is 10.8 Å². The molecule has 1 atom stereocenters. The fourth-order valence-electron chi connectivity index (χ4n) is 2.19. The highest BCUT2D eigenvalue weighted by molar-refractivity contribution is 4.88. The first-order chi connectivity index (χ1) is 5.79. The summed E-state index contributed by atoms with van der Waals surface area (Å²) in [6.07, 6.45) is 3.07. The minimum Gasteiger partial charge on any atom is -0.393 e. The van der Waals surface area contributed by atoms with Gasteiger partial charge >= 0.3 is 0 Å². The van der Waals surface area contributed by atoms with E-state index < -0.39 is 0 Å². The van der Waals surface area contributed by atoms with Crippen molar-refractivity contribution in [1.29, 1.82) is 0 Å². The van der Waals surface area contributed by atoms with Crippen LogP contribution in [0.25, 0.3) is 0 Å². The van der Waals surface area contributed by atoms with Gasteiger partial charge in [-0.15, -0.1) is 0 Å². The zero-order chi connectivity index (χ0) is 10.7. The van der Waals surface area contributed by atoms with Crippen molar-refractivity contribution in [3.8, 4) is 0 Å². The topological polar surface area (TPSA) is 20.2 Å². The lowest BCUT2D eigenvalue weighted by atomic mass is 9.61. The summed E-state index contributed by atoms with van der Waals surface area (Å²) in [6.45, 7) is 13.2. The van der Waals surface area contributed by atoms with Gasteiger partial charge in [0.15, 0.2) is 0 Å². The smallest absolute Gasteiger partial charge is 0.0517 e. The predicted molar refractivity (Wildman–Crippen MR) is 58.8 cm³/mol. The standard InChI is InChI=1S/C12H26O/c1-7-12(6,8-2)11(4,5)9-10(3)13/h10,13H,7-9H2,1-6H3. The van der Waals surface area contributed by atoms with E-state index in [-0.39, 0.29) is 11.5 Å². The summed E-state index contributed by atoms with van der Waals surface area (Å²) in [7, 11) is 0. The largest absolute Gasteiger partial charge is 0.393 e. The van der Waals surface area contributed by atoms with Crippen molar-refractivity contribution in [3.63, 3.8) is 0 Å². The summed E-state index contributed by atoms with van der Waals surface area (Å²) in [5.74, 6) is 0. The molecule has 0 aromatic heterocycles. The highest BCUT2D eigenvalue weighted by atomic mass is 16.3. The molecular formula is C12H26O. The summed E-state index contributed by atoms with van der Waals surface area (Å²) in [4.78, 5) is 0. The molecule has 0 aromatic carbocycles. The molecule has 0 saturated carbocycles. The fourth-order valence-corrected chi connectivity index (χ4v) is 2.19. The van der Waals surface area contributed by atoms with Gasteiger partial charge in [-0.3, -0.25) is 0 Å². The third-order valence-corrected chi connectivity index (χ3v) is 4.00. The van der Waals surface area contributed by atoms with Crippen LogP contribution in [-0.2, 0) is 0 Å². The van der Waals surface area contributed by atoms with Crippen LogP contribution in [0.5, 0.6) is 0 Å².